The highest BCUT2D eigenvalue weighted by molar-refractivity contribution is 6.31. The predicted molar refractivity (Wildman–Crippen MR) is 72.8 cm³/mol. The molecule has 2 rings (SSSR count). The van der Waals surface area contributed by atoms with Gasteiger partial charge in [0.05, 0.1) is 22.8 Å². The maximum Gasteiger partial charge on any atom is 0.101 e. The highest BCUT2D eigenvalue weighted by Gasteiger charge is 2.24. The molecule has 0 aromatic heterocycles. The number of nitriles is 1. The highest BCUT2D eigenvalue weighted by atomic mass is 35.5. The Morgan fingerprint density at radius 1 is 1.33 bits per heavy atom. The molecule has 0 aliphatic carbocycles. The SMILES string of the molecule is CC1CC(Nc2ccc(Cl)c(C#N)c2)CC(C)O1. The number of rotatable bonds is 2. The lowest BCUT2D eigenvalue weighted by molar-refractivity contribution is -0.0337. The maximum absolute atomic E-state index is 8.95. The predicted octanol–water partition coefficient (Wildman–Crippen LogP) is 3.58. The number of halogens is 1. The second-order valence-corrected chi connectivity index (χ2v) is 5.28. The average molecular weight is 265 g/mol. The van der Waals surface area contributed by atoms with Crippen LogP contribution in [0.4, 0.5) is 5.69 Å². The summed E-state index contributed by atoms with van der Waals surface area (Å²) in [4.78, 5) is 0. The van der Waals surface area contributed by atoms with Crippen LogP contribution in [-0.2, 0) is 4.74 Å². The summed E-state index contributed by atoms with van der Waals surface area (Å²) in [7, 11) is 0. The van der Waals surface area contributed by atoms with Gasteiger partial charge >= 0.3 is 0 Å². The molecule has 0 bridgehead atoms. The summed E-state index contributed by atoms with van der Waals surface area (Å²) < 4.78 is 5.70. The summed E-state index contributed by atoms with van der Waals surface area (Å²) in [5.41, 5.74) is 1.46. The number of nitrogens with zero attached hydrogens (tertiary/aromatic N) is 1. The first-order valence-corrected chi connectivity index (χ1v) is 6.58. The quantitative estimate of drug-likeness (QED) is 0.888. The van der Waals surface area contributed by atoms with Crippen LogP contribution in [0.15, 0.2) is 18.2 Å². The normalized spacial score (nSPS) is 27.6. The lowest BCUT2D eigenvalue weighted by Crippen LogP contribution is -2.36. The zero-order valence-electron chi connectivity index (χ0n) is 10.6. The van der Waals surface area contributed by atoms with Crippen LogP contribution >= 0.6 is 11.6 Å². The van der Waals surface area contributed by atoms with Crippen molar-refractivity contribution in [2.24, 2.45) is 0 Å². The number of hydrogen-bond donors (Lipinski definition) is 1. The van der Waals surface area contributed by atoms with Crippen molar-refractivity contribution in [3.05, 3.63) is 28.8 Å². The lowest BCUT2D eigenvalue weighted by atomic mass is 9.99. The molecule has 2 atom stereocenters. The number of benzene rings is 1. The van der Waals surface area contributed by atoms with Crippen molar-refractivity contribution in [3.8, 4) is 6.07 Å². The first-order valence-electron chi connectivity index (χ1n) is 6.20. The van der Waals surface area contributed by atoms with Gasteiger partial charge in [0, 0.05) is 11.7 Å². The van der Waals surface area contributed by atoms with Crippen LogP contribution in [0.3, 0.4) is 0 Å². The van der Waals surface area contributed by atoms with E-state index in [-0.39, 0.29) is 12.2 Å². The molecule has 0 amide bonds. The van der Waals surface area contributed by atoms with E-state index in [9.17, 15) is 0 Å². The van der Waals surface area contributed by atoms with E-state index < -0.39 is 0 Å². The van der Waals surface area contributed by atoms with Gasteiger partial charge in [0.2, 0.25) is 0 Å². The molecule has 1 aromatic carbocycles. The van der Waals surface area contributed by atoms with E-state index in [2.05, 4.69) is 25.2 Å². The smallest absolute Gasteiger partial charge is 0.101 e. The van der Waals surface area contributed by atoms with Crippen LogP contribution in [0.2, 0.25) is 5.02 Å². The third-order valence-electron chi connectivity index (χ3n) is 3.16. The molecule has 0 saturated carbocycles. The zero-order chi connectivity index (χ0) is 13.1. The van der Waals surface area contributed by atoms with Gasteiger partial charge < -0.3 is 10.1 Å². The Bertz CT molecular complexity index is 459. The molecule has 1 saturated heterocycles. The highest BCUT2D eigenvalue weighted by Crippen LogP contribution is 2.25. The Hall–Kier alpha value is -1.24. The molecule has 2 unspecified atom stereocenters. The van der Waals surface area contributed by atoms with Gasteiger partial charge in [0.25, 0.3) is 0 Å². The van der Waals surface area contributed by atoms with Crippen molar-refractivity contribution < 1.29 is 4.74 Å². The van der Waals surface area contributed by atoms with Crippen molar-refractivity contribution >= 4 is 17.3 Å². The molecule has 96 valence electrons. The Balaban J connectivity index is 2.07. The minimum Gasteiger partial charge on any atom is -0.382 e. The van der Waals surface area contributed by atoms with E-state index in [1.54, 1.807) is 12.1 Å². The fourth-order valence-corrected chi connectivity index (χ4v) is 2.62. The summed E-state index contributed by atoms with van der Waals surface area (Å²) in [6.07, 6.45) is 2.51. The summed E-state index contributed by atoms with van der Waals surface area (Å²) >= 11 is 5.92. The molecular weight excluding hydrogens is 248 g/mol. The Kier molecular flexibility index (Phi) is 4.11. The Labute approximate surface area is 113 Å². The van der Waals surface area contributed by atoms with E-state index >= 15 is 0 Å². The van der Waals surface area contributed by atoms with Gasteiger partial charge in [-0.1, -0.05) is 11.6 Å². The number of hydrogen-bond acceptors (Lipinski definition) is 3. The lowest BCUT2D eigenvalue weighted by Gasteiger charge is -2.33. The van der Waals surface area contributed by atoms with E-state index in [0.29, 0.717) is 16.6 Å². The summed E-state index contributed by atoms with van der Waals surface area (Å²) in [6, 6.07) is 7.95. The number of nitrogens with one attached hydrogen (secondary N) is 1. The van der Waals surface area contributed by atoms with Gasteiger partial charge in [-0.05, 0) is 44.9 Å². The first kappa shape index (κ1) is 13.2. The van der Waals surface area contributed by atoms with Gasteiger partial charge in [0.15, 0.2) is 0 Å². The van der Waals surface area contributed by atoms with Gasteiger partial charge in [0.1, 0.15) is 6.07 Å². The van der Waals surface area contributed by atoms with E-state index in [1.807, 2.05) is 6.07 Å². The van der Waals surface area contributed by atoms with Crippen LogP contribution in [0.1, 0.15) is 32.3 Å². The molecule has 1 heterocycles. The van der Waals surface area contributed by atoms with Crippen molar-refractivity contribution in [1.82, 2.24) is 0 Å². The van der Waals surface area contributed by atoms with Crippen LogP contribution < -0.4 is 5.32 Å². The molecule has 1 aliphatic rings. The molecule has 0 spiro atoms. The molecule has 4 heteroatoms. The van der Waals surface area contributed by atoms with Crippen LogP contribution in [0.5, 0.6) is 0 Å². The number of ether oxygens (including phenoxy) is 1. The van der Waals surface area contributed by atoms with Crippen molar-refractivity contribution in [2.45, 2.75) is 44.9 Å². The van der Waals surface area contributed by atoms with E-state index in [0.717, 1.165) is 18.5 Å². The molecule has 1 N–H and O–H groups in total. The molecule has 0 radical (unpaired) electrons. The van der Waals surface area contributed by atoms with Crippen LogP contribution in [-0.4, -0.2) is 18.2 Å². The number of anilines is 1. The molecular formula is C14H17ClN2O. The molecule has 1 fully saturated rings. The van der Waals surface area contributed by atoms with E-state index in [1.165, 1.54) is 0 Å². The van der Waals surface area contributed by atoms with Crippen molar-refractivity contribution in [3.63, 3.8) is 0 Å². The molecule has 1 aliphatic heterocycles. The second kappa shape index (κ2) is 5.60. The topological polar surface area (TPSA) is 45.0 Å². The Morgan fingerprint density at radius 2 is 2.00 bits per heavy atom. The molecule has 1 aromatic rings. The van der Waals surface area contributed by atoms with Crippen molar-refractivity contribution in [1.29, 1.82) is 5.26 Å². The minimum absolute atomic E-state index is 0.272. The third-order valence-corrected chi connectivity index (χ3v) is 3.48. The largest absolute Gasteiger partial charge is 0.382 e. The zero-order valence-corrected chi connectivity index (χ0v) is 11.4. The van der Waals surface area contributed by atoms with Gasteiger partial charge in [-0.3, -0.25) is 0 Å². The fourth-order valence-electron chi connectivity index (χ4n) is 2.46. The maximum atomic E-state index is 8.95. The molecule has 3 nitrogen and oxygen atoms in total. The monoisotopic (exact) mass is 264 g/mol. The van der Waals surface area contributed by atoms with Gasteiger partial charge in [-0.25, -0.2) is 0 Å². The van der Waals surface area contributed by atoms with Crippen molar-refractivity contribution in [2.75, 3.05) is 5.32 Å². The second-order valence-electron chi connectivity index (χ2n) is 4.88. The summed E-state index contributed by atoms with van der Waals surface area (Å²) in [5.74, 6) is 0. The minimum atomic E-state index is 0.272. The summed E-state index contributed by atoms with van der Waals surface area (Å²) in [5, 5.41) is 12.9. The fraction of sp³-hybridized carbons (Fsp3) is 0.500. The standard InChI is InChI=1S/C14H17ClN2O/c1-9-5-13(6-10(2)18-9)17-12-3-4-14(15)11(7-12)8-16/h3-4,7,9-10,13,17H,5-6H2,1-2H3. The third kappa shape index (κ3) is 3.16. The van der Waals surface area contributed by atoms with E-state index in [4.69, 9.17) is 21.6 Å². The average Bonchev–Trinajstić information content (AvgIpc) is 2.30. The van der Waals surface area contributed by atoms with Crippen LogP contribution in [0, 0.1) is 11.3 Å². The Morgan fingerprint density at radius 3 is 2.61 bits per heavy atom. The van der Waals surface area contributed by atoms with Crippen LogP contribution in [0.25, 0.3) is 0 Å². The first-order chi connectivity index (χ1) is 8.58. The summed E-state index contributed by atoms with van der Waals surface area (Å²) in [6.45, 7) is 4.18. The van der Waals surface area contributed by atoms with Gasteiger partial charge in [-0.2, -0.15) is 5.26 Å². The van der Waals surface area contributed by atoms with Gasteiger partial charge in [-0.15, -0.1) is 0 Å². The molecule has 18 heavy (non-hydrogen) atoms.